The molecule has 4 aromatic rings. The molecule has 1 unspecified atom stereocenters. The molecule has 1 aliphatic carbocycles. The van der Waals surface area contributed by atoms with Crippen molar-refractivity contribution in [1.29, 1.82) is 0 Å². The van der Waals surface area contributed by atoms with Gasteiger partial charge in [-0.25, -0.2) is 14.2 Å². The summed E-state index contributed by atoms with van der Waals surface area (Å²) >= 11 is 12.6. The lowest BCUT2D eigenvalue weighted by Crippen LogP contribution is -2.33. The second-order valence-electron chi connectivity index (χ2n) is 12.1. The number of carbonyl (C=O) groups excluding carboxylic acids is 1. The Labute approximate surface area is 262 Å². The van der Waals surface area contributed by atoms with Crippen LogP contribution in [-0.2, 0) is 28.4 Å². The van der Waals surface area contributed by atoms with Gasteiger partial charge < -0.3 is 23.5 Å². The van der Waals surface area contributed by atoms with E-state index < -0.39 is 11.8 Å². The van der Waals surface area contributed by atoms with Crippen LogP contribution < -0.4 is 9.47 Å². The van der Waals surface area contributed by atoms with E-state index in [0.29, 0.717) is 57.0 Å². The third kappa shape index (κ3) is 4.53. The molecule has 2 aromatic carbocycles. The summed E-state index contributed by atoms with van der Waals surface area (Å²) in [4.78, 5) is 23.9. The number of piperidine rings is 1. The number of carbonyl (C=O) groups is 1. The molecule has 0 radical (unpaired) electrons. The molecule has 5 heterocycles. The first kappa shape index (κ1) is 28.1. The van der Waals surface area contributed by atoms with Gasteiger partial charge in [-0.05, 0) is 60.6 Å². The lowest BCUT2D eigenvalue weighted by atomic mass is 10.0. The number of likely N-dealkylation sites (tertiary alicyclic amines) is 1. The molecule has 228 valence electrons. The number of benzene rings is 2. The highest BCUT2D eigenvalue weighted by molar-refractivity contribution is 6.35. The first-order valence-electron chi connectivity index (χ1n) is 14.7. The molecule has 44 heavy (non-hydrogen) atoms. The van der Waals surface area contributed by atoms with Crippen LogP contribution in [0.25, 0.3) is 11.0 Å². The first-order valence-corrected chi connectivity index (χ1v) is 15.4. The fraction of sp³-hybridized carbons (Fsp3) is 0.406. The van der Waals surface area contributed by atoms with Crippen LogP contribution in [0.1, 0.15) is 46.7 Å². The number of esters is 1. The second-order valence-corrected chi connectivity index (χ2v) is 12.9. The number of hydrogen-bond acceptors (Lipinski definition) is 8. The molecule has 0 amide bonds. The maximum absolute atomic E-state index is 15.4. The van der Waals surface area contributed by atoms with Crippen molar-refractivity contribution in [2.24, 2.45) is 11.8 Å². The van der Waals surface area contributed by atoms with Crippen LogP contribution in [0.4, 0.5) is 4.39 Å². The number of halogens is 3. The SMILES string of the molecule is COC(=O)c1cc(Cl)c2nc(CN3C[C@@H]4C(c5c(F)ccc6c5O[C@](C)(c5ccc(Cl)cn5)O6)[C@@H]4C3)n(C[C@@H]3CCO3)c2c1. The van der Waals surface area contributed by atoms with Crippen molar-refractivity contribution in [3.63, 3.8) is 0 Å². The summed E-state index contributed by atoms with van der Waals surface area (Å²) in [5.41, 5.74) is 2.94. The van der Waals surface area contributed by atoms with Gasteiger partial charge in [0.2, 0.25) is 0 Å². The van der Waals surface area contributed by atoms with E-state index in [1.807, 2.05) is 0 Å². The Kier molecular flexibility index (Phi) is 6.57. The van der Waals surface area contributed by atoms with Crippen molar-refractivity contribution in [3.8, 4) is 11.5 Å². The smallest absolute Gasteiger partial charge is 0.337 e. The Balaban J connectivity index is 1.03. The highest BCUT2D eigenvalue weighted by Gasteiger charge is 2.59. The quantitative estimate of drug-likeness (QED) is 0.230. The van der Waals surface area contributed by atoms with E-state index in [1.54, 1.807) is 43.5 Å². The van der Waals surface area contributed by atoms with Gasteiger partial charge in [0.1, 0.15) is 22.9 Å². The predicted molar refractivity (Wildman–Crippen MR) is 160 cm³/mol. The van der Waals surface area contributed by atoms with Gasteiger partial charge in [0, 0.05) is 38.4 Å². The van der Waals surface area contributed by atoms with Gasteiger partial charge in [0.25, 0.3) is 5.79 Å². The summed E-state index contributed by atoms with van der Waals surface area (Å²) in [6.45, 7) is 5.32. The van der Waals surface area contributed by atoms with Crippen molar-refractivity contribution in [3.05, 3.63) is 81.1 Å². The van der Waals surface area contributed by atoms with E-state index in [-0.39, 0.29) is 29.7 Å². The summed E-state index contributed by atoms with van der Waals surface area (Å²) in [6, 6.07) is 9.94. The molecule has 9 nitrogen and oxygen atoms in total. The normalized spacial score (nSPS) is 26.9. The number of pyridine rings is 1. The minimum absolute atomic E-state index is 0.0320. The second kappa shape index (κ2) is 10.3. The zero-order chi connectivity index (χ0) is 30.3. The third-order valence-electron chi connectivity index (χ3n) is 9.36. The summed E-state index contributed by atoms with van der Waals surface area (Å²) in [5, 5.41) is 0.911. The van der Waals surface area contributed by atoms with Crippen LogP contribution in [0.3, 0.4) is 0 Å². The molecular formula is C32H29Cl2FN4O5. The molecule has 0 bridgehead atoms. The number of nitrogens with zero attached hydrogens (tertiary/aromatic N) is 4. The van der Waals surface area contributed by atoms with Crippen LogP contribution in [-0.4, -0.2) is 58.3 Å². The van der Waals surface area contributed by atoms with Gasteiger partial charge in [-0.1, -0.05) is 23.2 Å². The Bertz CT molecular complexity index is 1800. The molecule has 3 aliphatic heterocycles. The van der Waals surface area contributed by atoms with Crippen molar-refractivity contribution in [1.82, 2.24) is 19.4 Å². The molecule has 3 fully saturated rings. The lowest BCUT2D eigenvalue weighted by molar-refractivity contribution is -0.0721. The minimum atomic E-state index is -1.18. The van der Waals surface area contributed by atoms with E-state index in [2.05, 4.69) is 14.5 Å². The number of methoxy groups -OCH3 is 1. The number of ether oxygens (including phenoxy) is 4. The molecule has 12 heteroatoms. The van der Waals surface area contributed by atoms with Gasteiger partial charge in [-0.2, -0.15) is 0 Å². The van der Waals surface area contributed by atoms with E-state index in [4.69, 9.17) is 47.1 Å². The lowest BCUT2D eigenvalue weighted by Gasteiger charge is -2.28. The number of hydrogen-bond donors (Lipinski definition) is 0. The number of imidazole rings is 1. The number of aromatic nitrogens is 3. The number of rotatable bonds is 7. The molecule has 2 aromatic heterocycles. The van der Waals surface area contributed by atoms with Crippen LogP contribution in [0.2, 0.25) is 10.0 Å². The molecule has 0 N–H and O–H groups in total. The molecule has 5 atom stereocenters. The zero-order valence-electron chi connectivity index (χ0n) is 24.1. The number of fused-ring (bicyclic) bond motifs is 3. The summed E-state index contributed by atoms with van der Waals surface area (Å²) in [7, 11) is 1.35. The topological polar surface area (TPSA) is 87.9 Å². The molecule has 0 spiro atoms. The molecule has 8 rings (SSSR count). The average Bonchev–Trinajstić information content (AvgIpc) is 3.28. The van der Waals surface area contributed by atoms with E-state index in [1.165, 1.54) is 13.2 Å². The molecule has 2 saturated heterocycles. The molecule has 4 aliphatic rings. The Morgan fingerprint density at radius 2 is 1.95 bits per heavy atom. The van der Waals surface area contributed by atoms with E-state index >= 15 is 4.39 Å². The van der Waals surface area contributed by atoms with Crippen molar-refractivity contribution in [2.45, 2.75) is 44.2 Å². The summed E-state index contributed by atoms with van der Waals surface area (Å²) < 4.78 is 40.7. The average molecular weight is 640 g/mol. The zero-order valence-corrected chi connectivity index (χ0v) is 25.6. The fourth-order valence-electron chi connectivity index (χ4n) is 7.02. The van der Waals surface area contributed by atoms with Gasteiger partial charge >= 0.3 is 5.97 Å². The fourth-order valence-corrected chi connectivity index (χ4v) is 7.39. The van der Waals surface area contributed by atoms with Crippen molar-refractivity contribution in [2.75, 3.05) is 26.8 Å². The maximum Gasteiger partial charge on any atom is 0.337 e. The minimum Gasteiger partial charge on any atom is -0.465 e. The van der Waals surface area contributed by atoms with E-state index in [0.717, 1.165) is 37.5 Å². The van der Waals surface area contributed by atoms with Gasteiger partial charge in [-0.3, -0.25) is 9.88 Å². The summed E-state index contributed by atoms with van der Waals surface area (Å²) in [5.74, 6) is 0.494. The highest BCUT2D eigenvalue weighted by Crippen LogP contribution is 2.63. The van der Waals surface area contributed by atoms with Crippen molar-refractivity contribution >= 4 is 40.2 Å². The Hall–Kier alpha value is -3.44. The Morgan fingerprint density at radius 1 is 1.16 bits per heavy atom. The van der Waals surface area contributed by atoms with Crippen LogP contribution in [0, 0.1) is 17.7 Å². The van der Waals surface area contributed by atoms with Crippen molar-refractivity contribution < 1.29 is 28.1 Å². The standard InChI is InChI=1S/C32H29Cl2FN4O5/c1-32(25-6-3-17(33)11-36-25)43-24-5-4-22(35)28(30(24)44-32)27-19-13-38(14-20(19)27)15-26-37-29-21(34)9-16(31(40)41-2)10-23(29)39(26)12-18-7-8-42-18/h3-6,9-11,18-20,27H,7-8,12-15H2,1-2H3/t18-,19-,20+,27?,32+/m0/s1. The van der Waals surface area contributed by atoms with Gasteiger partial charge in [0.15, 0.2) is 11.5 Å². The largest absolute Gasteiger partial charge is 0.465 e. The predicted octanol–water partition coefficient (Wildman–Crippen LogP) is 5.94. The monoisotopic (exact) mass is 638 g/mol. The van der Waals surface area contributed by atoms with E-state index in [9.17, 15) is 4.79 Å². The van der Waals surface area contributed by atoms with Crippen LogP contribution in [0.5, 0.6) is 11.5 Å². The Morgan fingerprint density at radius 3 is 2.64 bits per heavy atom. The molecule has 1 saturated carbocycles. The first-order chi connectivity index (χ1) is 21.2. The van der Waals surface area contributed by atoms with Crippen LogP contribution in [0.15, 0.2) is 42.6 Å². The third-order valence-corrected chi connectivity index (χ3v) is 9.87. The van der Waals surface area contributed by atoms with Crippen LogP contribution >= 0.6 is 23.2 Å². The molecular weight excluding hydrogens is 610 g/mol. The van der Waals surface area contributed by atoms with Gasteiger partial charge in [0.05, 0.1) is 47.4 Å². The maximum atomic E-state index is 15.4. The van der Waals surface area contributed by atoms with Gasteiger partial charge in [-0.15, -0.1) is 0 Å². The summed E-state index contributed by atoms with van der Waals surface area (Å²) in [6.07, 6.45) is 2.59. The highest BCUT2D eigenvalue weighted by atomic mass is 35.5.